The van der Waals surface area contributed by atoms with E-state index in [1.165, 1.54) is 24.3 Å². The van der Waals surface area contributed by atoms with Crippen LogP contribution >= 0.6 is 0 Å². The lowest BCUT2D eigenvalue weighted by molar-refractivity contribution is -0.141. The smallest absolute Gasteiger partial charge is 0.314 e. The second-order valence-electron chi connectivity index (χ2n) is 11.4. The van der Waals surface area contributed by atoms with E-state index in [9.17, 15) is 18.4 Å². The van der Waals surface area contributed by atoms with Gasteiger partial charge in [0.15, 0.2) is 0 Å². The number of piperazine rings is 1. The molecule has 37 heavy (non-hydrogen) atoms. The first-order valence-corrected chi connectivity index (χ1v) is 13.1. The molecule has 0 aliphatic carbocycles. The lowest BCUT2D eigenvalue weighted by Crippen LogP contribution is -2.60. The first kappa shape index (κ1) is 27.0. The molecule has 0 saturated carbocycles. The highest BCUT2D eigenvalue weighted by molar-refractivity contribution is 5.77. The Morgan fingerprint density at radius 2 is 1.41 bits per heavy atom. The van der Waals surface area contributed by atoms with Gasteiger partial charge < -0.3 is 15.5 Å². The second-order valence-corrected chi connectivity index (χ2v) is 11.4. The Labute approximate surface area is 218 Å². The van der Waals surface area contributed by atoms with Gasteiger partial charge in [0.25, 0.3) is 0 Å². The molecule has 0 spiro atoms. The Morgan fingerprint density at radius 1 is 0.892 bits per heavy atom. The van der Waals surface area contributed by atoms with Gasteiger partial charge in [-0.1, -0.05) is 45.0 Å². The number of amides is 3. The number of primary amides is 1. The van der Waals surface area contributed by atoms with Crippen molar-refractivity contribution in [2.45, 2.75) is 52.1 Å². The zero-order valence-corrected chi connectivity index (χ0v) is 22.0. The minimum Gasteiger partial charge on any atom is -0.351 e. The summed E-state index contributed by atoms with van der Waals surface area (Å²) < 4.78 is 27.5. The van der Waals surface area contributed by atoms with E-state index in [0.29, 0.717) is 39.1 Å². The fraction of sp³-hybridized carbons (Fsp3) is 0.517. The number of hydrogen-bond acceptors (Lipinski definition) is 3. The van der Waals surface area contributed by atoms with Crippen molar-refractivity contribution in [3.8, 4) is 0 Å². The van der Waals surface area contributed by atoms with Crippen molar-refractivity contribution in [1.29, 1.82) is 0 Å². The fourth-order valence-corrected chi connectivity index (χ4v) is 5.70. The maximum atomic E-state index is 13.7. The first-order valence-electron chi connectivity index (χ1n) is 13.1. The summed E-state index contributed by atoms with van der Waals surface area (Å²) in [6, 6.07) is 12.3. The van der Waals surface area contributed by atoms with Crippen LogP contribution in [0.25, 0.3) is 0 Å². The molecule has 2 saturated heterocycles. The number of nitrogens with zero attached hydrogens (tertiary/aromatic N) is 3. The molecule has 2 aromatic carbocycles. The van der Waals surface area contributed by atoms with Gasteiger partial charge in [-0.15, -0.1) is 0 Å². The number of nitrogens with two attached hydrogens (primary N) is 1. The maximum Gasteiger partial charge on any atom is 0.314 e. The van der Waals surface area contributed by atoms with Crippen molar-refractivity contribution in [2.24, 2.45) is 17.1 Å². The molecular weight excluding hydrogens is 474 g/mol. The molecule has 2 aliphatic rings. The Kier molecular flexibility index (Phi) is 8.17. The van der Waals surface area contributed by atoms with Crippen LogP contribution in [0, 0.1) is 23.0 Å². The van der Waals surface area contributed by atoms with E-state index in [2.05, 4.69) is 25.7 Å². The van der Waals surface area contributed by atoms with Gasteiger partial charge >= 0.3 is 6.03 Å². The van der Waals surface area contributed by atoms with Gasteiger partial charge in [0.1, 0.15) is 11.6 Å². The summed E-state index contributed by atoms with van der Waals surface area (Å²) in [5, 5.41) is 0. The first-order chi connectivity index (χ1) is 17.5. The number of carbonyl (C=O) groups excluding carboxylic acids is 2. The maximum absolute atomic E-state index is 13.7. The predicted octanol–water partition coefficient (Wildman–Crippen LogP) is 4.79. The number of carbonyl (C=O) groups is 2. The van der Waals surface area contributed by atoms with Crippen LogP contribution in [0.15, 0.2) is 48.5 Å². The Bertz CT molecular complexity index is 1030. The zero-order valence-electron chi connectivity index (χ0n) is 22.0. The SMILES string of the molecule is CC(C)(C)[C@H]1CN(C(c2ccc(F)cc2)c2ccc(F)cc2)CCN1C(=O)CC1CCN(C(N)=O)CC1. The van der Waals surface area contributed by atoms with E-state index in [0.717, 1.165) is 24.0 Å². The molecule has 4 rings (SSSR count). The van der Waals surface area contributed by atoms with Crippen LogP contribution in [0.3, 0.4) is 0 Å². The van der Waals surface area contributed by atoms with Crippen LogP contribution in [-0.2, 0) is 4.79 Å². The van der Waals surface area contributed by atoms with E-state index in [1.807, 2.05) is 4.90 Å². The summed E-state index contributed by atoms with van der Waals surface area (Å²) in [7, 11) is 0. The highest BCUT2D eigenvalue weighted by Crippen LogP contribution is 2.36. The number of halogens is 2. The molecular formula is C29H38F2N4O2. The Morgan fingerprint density at radius 3 is 1.86 bits per heavy atom. The molecule has 0 unspecified atom stereocenters. The van der Waals surface area contributed by atoms with Gasteiger partial charge in [0.2, 0.25) is 5.91 Å². The summed E-state index contributed by atoms with van der Waals surface area (Å²) in [6.07, 6.45) is 2.04. The summed E-state index contributed by atoms with van der Waals surface area (Å²) in [5.74, 6) is -0.206. The average molecular weight is 513 g/mol. The summed E-state index contributed by atoms with van der Waals surface area (Å²) in [5.41, 5.74) is 7.10. The third kappa shape index (κ3) is 6.47. The summed E-state index contributed by atoms with van der Waals surface area (Å²) in [4.78, 5) is 31.0. The quantitative estimate of drug-likeness (QED) is 0.626. The molecule has 2 fully saturated rings. The second kappa shape index (κ2) is 11.2. The minimum atomic E-state index is -0.398. The van der Waals surface area contributed by atoms with E-state index < -0.39 is 6.03 Å². The molecule has 8 heteroatoms. The van der Waals surface area contributed by atoms with Crippen LogP contribution in [-0.4, -0.2) is 65.4 Å². The fourth-order valence-electron chi connectivity index (χ4n) is 5.70. The van der Waals surface area contributed by atoms with Crippen molar-refractivity contribution >= 4 is 11.9 Å². The lowest BCUT2D eigenvalue weighted by atomic mass is 9.82. The average Bonchev–Trinajstić information content (AvgIpc) is 2.86. The molecule has 0 bridgehead atoms. The van der Waals surface area contributed by atoms with Crippen LogP contribution in [0.2, 0.25) is 0 Å². The monoisotopic (exact) mass is 512 g/mol. The topological polar surface area (TPSA) is 69.9 Å². The zero-order chi connectivity index (χ0) is 26.7. The van der Waals surface area contributed by atoms with Crippen molar-refractivity contribution in [1.82, 2.24) is 14.7 Å². The van der Waals surface area contributed by atoms with Gasteiger partial charge in [0, 0.05) is 45.2 Å². The molecule has 0 aromatic heterocycles. The van der Waals surface area contributed by atoms with Gasteiger partial charge in [0.05, 0.1) is 6.04 Å². The highest BCUT2D eigenvalue weighted by Gasteiger charge is 2.40. The van der Waals surface area contributed by atoms with E-state index in [4.69, 9.17) is 5.73 Å². The van der Waals surface area contributed by atoms with Gasteiger partial charge in [-0.25, -0.2) is 13.6 Å². The van der Waals surface area contributed by atoms with Crippen molar-refractivity contribution < 1.29 is 18.4 Å². The predicted molar refractivity (Wildman–Crippen MR) is 140 cm³/mol. The molecule has 200 valence electrons. The molecule has 2 aromatic rings. The van der Waals surface area contributed by atoms with Crippen molar-refractivity contribution in [2.75, 3.05) is 32.7 Å². The normalized spacial score (nSPS) is 19.9. The van der Waals surface area contributed by atoms with E-state index >= 15 is 0 Å². The Balaban J connectivity index is 1.53. The highest BCUT2D eigenvalue weighted by atomic mass is 19.1. The molecule has 3 amide bonds. The summed E-state index contributed by atoms with van der Waals surface area (Å²) >= 11 is 0. The van der Waals surface area contributed by atoms with Crippen molar-refractivity contribution in [3.63, 3.8) is 0 Å². The molecule has 2 heterocycles. The largest absolute Gasteiger partial charge is 0.351 e. The summed E-state index contributed by atoms with van der Waals surface area (Å²) in [6.45, 7) is 9.53. The number of likely N-dealkylation sites (tertiary alicyclic amines) is 1. The number of piperidine rings is 1. The van der Waals surface area contributed by atoms with Crippen LogP contribution in [0.1, 0.15) is 57.2 Å². The minimum absolute atomic E-state index is 0.0251. The van der Waals surface area contributed by atoms with Gasteiger partial charge in [-0.3, -0.25) is 9.69 Å². The third-order valence-electron chi connectivity index (χ3n) is 7.86. The number of rotatable bonds is 5. The number of hydrogen-bond donors (Lipinski definition) is 1. The number of benzene rings is 2. The molecule has 2 aliphatic heterocycles. The Hall–Kier alpha value is -3.00. The lowest BCUT2D eigenvalue weighted by Gasteiger charge is -2.50. The van der Waals surface area contributed by atoms with Crippen LogP contribution < -0.4 is 5.73 Å². The molecule has 6 nitrogen and oxygen atoms in total. The third-order valence-corrected chi connectivity index (χ3v) is 7.86. The molecule has 0 radical (unpaired) electrons. The molecule has 1 atom stereocenters. The van der Waals surface area contributed by atoms with Crippen LogP contribution in [0.5, 0.6) is 0 Å². The standard InChI is InChI=1S/C29H38F2N4O2/c1-29(2,3)25-19-34(16-17-35(25)26(36)18-20-12-14-33(15-13-20)28(32)37)27(21-4-8-23(30)9-5-21)22-6-10-24(31)11-7-22/h4-11,20,25,27H,12-19H2,1-3H3,(H2,32,37)/t25-/m1/s1. The van der Waals surface area contributed by atoms with Gasteiger partial charge in [-0.2, -0.15) is 0 Å². The number of urea groups is 1. The van der Waals surface area contributed by atoms with E-state index in [1.54, 1.807) is 29.2 Å². The van der Waals surface area contributed by atoms with Gasteiger partial charge in [-0.05, 0) is 59.6 Å². The van der Waals surface area contributed by atoms with Crippen LogP contribution in [0.4, 0.5) is 13.6 Å². The molecule has 2 N–H and O–H groups in total. The van der Waals surface area contributed by atoms with Crippen molar-refractivity contribution in [3.05, 3.63) is 71.3 Å². The van der Waals surface area contributed by atoms with E-state index in [-0.39, 0.29) is 41.0 Å².